The Morgan fingerprint density at radius 3 is 2.85 bits per heavy atom. The molecule has 2 aromatic heterocycles. The fourth-order valence-corrected chi connectivity index (χ4v) is 2.48. The molecule has 1 saturated heterocycles. The molecule has 2 aromatic rings. The molecule has 0 aromatic carbocycles. The van der Waals surface area contributed by atoms with Crippen molar-refractivity contribution in [3.8, 4) is 0 Å². The molecule has 138 valence electrons. The molecule has 0 spiro atoms. The Labute approximate surface area is 151 Å². The number of aromatic nitrogens is 3. The Kier molecular flexibility index (Phi) is 6.12. The van der Waals surface area contributed by atoms with E-state index in [0.717, 1.165) is 32.8 Å². The van der Waals surface area contributed by atoms with Crippen LogP contribution in [0.1, 0.15) is 10.4 Å². The fourth-order valence-electron chi connectivity index (χ4n) is 2.48. The normalized spacial score (nSPS) is 14.6. The molecule has 26 heavy (non-hydrogen) atoms. The van der Waals surface area contributed by atoms with Gasteiger partial charge in [-0.05, 0) is 12.1 Å². The summed E-state index contributed by atoms with van der Waals surface area (Å²) >= 11 is 0. The van der Waals surface area contributed by atoms with E-state index in [2.05, 4.69) is 36.0 Å². The minimum atomic E-state index is -0.335. The molecule has 3 heterocycles. The number of ether oxygens (including phenoxy) is 1. The molecule has 0 saturated carbocycles. The molecule has 1 fully saturated rings. The maximum absolute atomic E-state index is 12.0. The highest BCUT2D eigenvalue weighted by Crippen LogP contribution is 2.21. The van der Waals surface area contributed by atoms with Gasteiger partial charge in [-0.3, -0.25) is 25.5 Å². The molecule has 0 unspecified atom stereocenters. The van der Waals surface area contributed by atoms with Crippen LogP contribution in [0.4, 0.5) is 17.3 Å². The molecule has 0 bridgehead atoms. The molecule has 5 N–H and O–H groups in total. The molecule has 0 atom stereocenters. The highest BCUT2D eigenvalue weighted by molar-refractivity contribution is 5.94. The number of nitrogens with one attached hydrogen (secondary N) is 3. The van der Waals surface area contributed by atoms with Crippen molar-refractivity contribution in [3.05, 3.63) is 36.4 Å². The molecule has 1 aliphatic heterocycles. The molecule has 1 amide bonds. The van der Waals surface area contributed by atoms with Gasteiger partial charge in [-0.2, -0.15) is 0 Å². The van der Waals surface area contributed by atoms with Gasteiger partial charge in [0, 0.05) is 38.6 Å². The van der Waals surface area contributed by atoms with Crippen LogP contribution in [0.3, 0.4) is 0 Å². The number of pyridine rings is 1. The van der Waals surface area contributed by atoms with E-state index >= 15 is 0 Å². The molecule has 0 aliphatic carbocycles. The van der Waals surface area contributed by atoms with Gasteiger partial charge in [0.1, 0.15) is 12.0 Å². The number of nitrogens with zero attached hydrogens (tertiary/aromatic N) is 4. The second-order valence-corrected chi connectivity index (χ2v) is 5.69. The zero-order valence-electron chi connectivity index (χ0n) is 14.3. The minimum absolute atomic E-state index is 0.325. The SMILES string of the molecule is Nc1c(NCCN2CCOCC2)ncnc1NNC(=O)c1cccnc1. The number of nitrogen functional groups attached to an aromatic ring is 1. The van der Waals surface area contributed by atoms with Crippen LogP contribution in [0.5, 0.6) is 0 Å². The Morgan fingerprint density at radius 2 is 2.08 bits per heavy atom. The second-order valence-electron chi connectivity index (χ2n) is 5.69. The summed E-state index contributed by atoms with van der Waals surface area (Å²) in [4.78, 5) is 26.5. The summed E-state index contributed by atoms with van der Waals surface area (Å²) in [6.07, 6.45) is 4.45. The highest BCUT2D eigenvalue weighted by atomic mass is 16.5. The van der Waals surface area contributed by atoms with Crippen molar-refractivity contribution in [1.29, 1.82) is 0 Å². The number of rotatable bonds is 7. The van der Waals surface area contributed by atoms with Gasteiger partial charge in [-0.15, -0.1) is 0 Å². The summed E-state index contributed by atoms with van der Waals surface area (Å²) in [7, 11) is 0. The lowest BCUT2D eigenvalue weighted by atomic mass is 10.3. The number of hydrogen-bond acceptors (Lipinski definition) is 9. The average molecular weight is 358 g/mol. The minimum Gasteiger partial charge on any atom is -0.393 e. The van der Waals surface area contributed by atoms with E-state index in [1.54, 1.807) is 18.3 Å². The third kappa shape index (κ3) is 4.77. The van der Waals surface area contributed by atoms with E-state index in [0.29, 0.717) is 29.4 Å². The number of carbonyl (C=O) groups excluding carboxylic acids is 1. The smallest absolute Gasteiger partial charge is 0.271 e. The molecule has 3 rings (SSSR count). The Balaban J connectivity index is 1.52. The highest BCUT2D eigenvalue weighted by Gasteiger charge is 2.12. The number of hydrazine groups is 1. The number of anilines is 3. The first-order valence-electron chi connectivity index (χ1n) is 8.35. The first-order chi connectivity index (χ1) is 12.7. The van der Waals surface area contributed by atoms with Gasteiger partial charge < -0.3 is 15.8 Å². The van der Waals surface area contributed by atoms with Crippen LogP contribution < -0.4 is 21.9 Å². The molecule has 10 nitrogen and oxygen atoms in total. The van der Waals surface area contributed by atoms with Crippen LogP contribution in [-0.2, 0) is 4.74 Å². The van der Waals surface area contributed by atoms with Crippen molar-refractivity contribution in [2.24, 2.45) is 0 Å². The maximum atomic E-state index is 12.0. The van der Waals surface area contributed by atoms with Crippen molar-refractivity contribution in [2.45, 2.75) is 0 Å². The van der Waals surface area contributed by atoms with Crippen LogP contribution in [0.15, 0.2) is 30.9 Å². The van der Waals surface area contributed by atoms with Crippen molar-refractivity contribution in [3.63, 3.8) is 0 Å². The third-order valence-electron chi connectivity index (χ3n) is 3.93. The summed E-state index contributed by atoms with van der Waals surface area (Å²) in [5, 5.41) is 3.20. The lowest BCUT2D eigenvalue weighted by molar-refractivity contribution is 0.0398. The number of carbonyl (C=O) groups is 1. The molecule has 0 radical (unpaired) electrons. The van der Waals surface area contributed by atoms with Crippen molar-refractivity contribution >= 4 is 23.2 Å². The monoisotopic (exact) mass is 358 g/mol. The Bertz CT molecular complexity index is 721. The Hall–Kier alpha value is -2.98. The van der Waals surface area contributed by atoms with Crippen LogP contribution in [-0.4, -0.2) is 65.2 Å². The lowest BCUT2D eigenvalue weighted by Gasteiger charge is -2.26. The van der Waals surface area contributed by atoms with Crippen LogP contribution in [0.2, 0.25) is 0 Å². The summed E-state index contributed by atoms with van der Waals surface area (Å²) < 4.78 is 5.33. The van der Waals surface area contributed by atoms with E-state index in [9.17, 15) is 4.79 Å². The topological polar surface area (TPSA) is 130 Å². The molecule has 1 aliphatic rings. The average Bonchev–Trinajstić information content (AvgIpc) is 2.69. The van der Waals surface area contributed by atoms with Crippen molar-refractivity contribution in [1.82, 2.24) is 25.3 Å². The van der Waals surface area contributed by atoms with Crippen LogP contribution >= 0.6 is 0 Å². The van der Waals surface area contributed by atoms with E-state index in [1.165, 1.54) is 12.5 Å². The number of morpholine rings is 1. The van der Waals surface area contributed by atoms with Gasteiger partial charge in [0.15, 0.2) is 11.6 Å². The first kappa shape index (κ1) is 17.8. The summed E-state index contributed by atoms with van der Waals surface area (Å²) in [6, 6.07) is 3.34. The first-order valence-corrected chi connectivity index (χ1v) is 8.35. The van der Waals surface area contributed by atoms with Crippen molar-refractivity contribution in [2.75, 3.05) is 55.9 Å². The number of amides is 1. The second kappa shape index (κ2) is 8.92. The van der Waals surface area contributed by atoms with Crippen molar-refractivity contribution < 1.29 is 9.53 Å². The number of hydrogen-bond donors (Lipinski definition) is 4. The summed E-state index contributed by atoms with van der Waals surface area (Å²) in [5.74, 6) is 0.510. The van der Waals surface area contributed by atoms with Crippen LogP contribution in [0, 0.1) is 0 Å². The van der Waals surface area contributed by atoms with E-state index < -0.39 is 0 Å². The van der Waals surface area contributed by atoms with E-state index in [-0.39, 0.29) is 5.91 Å². The maximum Gasteiger partial charge on any atom is 0.271 e. The quantitative estimate of drug-likeness (QED) is 0.503. The van der Waals surface area contributed by atoms with E-state index in [1.807, 2.05) is 0 Å². The van der Waals surface area contributed by atoms with Gasteiger partial charge in [0.05, 0.1) is 18.8 Å². The molecular weight excluding hydrogens is 336 g/mol. The predicted octanol–water partition coefficient (Wildman–Crippen LogP) is -0.0452. The lowest BCUT2D eigenvalue weighted by Crippen LogP contribution is -2.39. The standard InChI is InChI=1S/C16H22N8O2/c17-13-14(19-4-5-24-6-8-26-9-7-24)20-11-21-15(13)22-23-16(25)12-2-1-3-18-10-12/h1-3,10-11H,4-9,17H2,(H,23,25)(H2,19,20,21,22). The summed E-state index contributed by atoms with van der Waals surface area (Å²) in [5.41, 5.74) is 12.1. The van der Waals surface area contributed by atoms with E-state index in [4.69, 9.17) is 10.5 Å². The molecular formula is C16H22N8O2. The summed E-state index contributed by atoms with van der Waals surface area (Å²) in [6.45, 7) is 4.94. The Morgan fingerprint density at radius 1 is 1.27 bits per heavy atom. The predicted molar refractivity (Wildman–Crippen MR) is 97.5 cm³/mol. The third-order valence-corrected chi connectivity index (χ3v) is 3.93. The fraction of sp³-hybridized carbons (Fsp3) is 0.375. The van der Waals surface area contributed by atoms with Gasteiger partial charge in [-0.25, -0.2) is 9.97 Å². The van der Waals surface area contributed by atoms with Gasteiger partial charge in [0.25, 0.3) is 5.91 Å². The van der Waals surface area contributed by atoms with Gasteiger partial charge >= 0.3 is 0 Å². The van der Waals surface area contributed by atoms with Gasteiger partial charge in [0.2, 0.25) is 0 Å². The zero-order valence-corrected chi connectivity index (χ0v) is 14.3. The van der Waals surface area contributed by atoms with Gasteiger partial charge in [-0.1, -0.05) is 0 Å². The molecule has 10 heteroatoms. The zero-order chi connectivity index (χ0) is 18.2. The van der Waals surface area contributed by atoms with Crippen LogP contribution in [0.25, 0.3) is 0 Å². The number of nitrogens with two attached hydrogens (primary N) is 1. The largest absolute Gasteiger partial charge is 0.393 e.